The van der Waals surface area contributed by atoms with Crippen LogP contribution < -0.4 is 19.5 Å². The van der Waals surface area contributed by atoms with Crippen molar-refractivity contribution in [3.63, 3.8) is 0 Å². The van der Waals surface area contributed by atoms with Gasteiger partial charge in [-0.1, -0.05) is 38.1 Å². The van der Waals surface area contributed by atoms with E-state index in [1.807, 2.05) is 24.3 Å². The van der Waals surface area contributed by atoms with Crippen molar-refractivity contribution in [3.8, 4) is 22.6 Å². The molecule has 0 aliphatic carbocycles. The van der Waals surface area contributed by atoms with Gasteiger partial charge in [0.05, 0.1) is 20.0 Å². The molecule has 2 rings (SSSR count). The molecule has 0 bridgehead atoms. The first-order valence-electron chi connectivity index (χ1n) is 9.34. The van der Waals surface area contributed by atoms with E-state index in [0.29, 0.717) is 17.2 Å². The first kappa shape index (κ1) is 22.7. The Morgan fingerprint density at radius 1 is 1.03 bits per heavy atom. The molecule has 7 nitrogen and oxygen atoms in total. The molecule has 0 radical (unpaired) electrons. The van der Waals surface area contributed by atoms with Gasteiger partial charge in [0.15, 0.2) is 11.5 Å². The Balaban J connectivity index is 2.36. The van der Waals surface area contributed by atoms with Crippen molar-refractivity contribution >= 4 is 21.6 Å². The molecule has 158 valence electrons. The molecule has 0 fully saturated rings. The van der Waals surface area contributed by atoms with Gasteiger partial charge >= 0.3 is 0 Å². The Morgan fingerprint density at radius 2 is 1.69 bits per heavy atom. The lowest BCUT2D eigenvalue weighted by Crippen LogP contribution is -2.47. The van der Waals surface area contributed by atoms with Crippen LogP contribution in [0.4, 0.5) is 5.69 Å². The predicted octanol–water partition coefficient (Wildman–Crippen LogP) is 3.27. The first-order valence-corrected chi connectivity index (χ1v) is 11.0. The number of amides is 1. The zero-order valence-electron chi connectivity index (χ0n) is 17.4. The van der Waals surface area contributed by atoms with Gasteiger partial charge in [0.2, 0.25) is 15.9 Å². The molecule has 0 spiro atoms. The van der Waals surface area contributed by atoms with Crippen LogP contribution in [-0.4, -0.2) is 40.3 Å². The van der Waals surface area contributed by atoms with Gasteiger partial charge in [0.25, 0.3) is 0 Å². The molecule has 1 atom stereocenters. The summed E-state index contributed by atoms with van der Waals surface area (Å²) in [4.78, 5) is 12.9. The average molecular weight is 421 g/mol. The highest BCUT2D eigenvalue weighted by atomic mass is 32.2. The predicted molar refractivity (Wildman–Crippen MR) is 115 cm³/mol. The zero-order chi connectivity index (χ0) is 21.6. The number of rotatable bonds is 9. The van der Waals surface area contributed by atoms with Gasteiger partial charge in [-0.05, 0) is 36.6 Å². The zero-order valence-corrected chi connectivity index (χ0v) is 18.2. The Labute approximate surface area is 172 Å². The topological polar surface area (TPSA) is 93.7 Å². The van der Waals surface area contributed by atoms with Crippen LogP contribution in [0.15, 0.2) is 42.5 Å². The third-order valence-corrected chi connectivity index (χ3v) is 5.89. The maximum atomic E-state index is 12.9. The normalized spacial score (nSPS) is 12.5. The van der Waals surface area contributed by atoms with Gasteiger partial charge in [0.1, 0.15) is 6.04 Å². The summed E-state index contributed by atoms with van der Waals surface area (Å²) in [5.41, 5.74) is 2.18. The highest BCUT2D eigenvalue weighted by molar-refractivity contribution is 7.89. The molecule has 0 aromatic heterocycles. The summed E-state index contributed by atoms with van der Waals surface area (Å²) < 4.78 is 37.1. The number of hydrogen-bond acceptors (Lipinski definition) is 5. The molecule has 0 saturated carbocycles. The molecule has 0 aliphatic heterocycles. The molecule has 2 N–H and O–H groups in total. The molecule has 29 heavy (non-hydrogen) atoms. The smallest absolute Gasteiger partial charge is 0.242 e. The largest absolute Gasteiger partial charge is 0.493 e. The van der Waals surface area contributed by atoms with Crippen LogP contribution in [0.2, 0.25) is 0 Å². The highest BCUT2D eigenvalue weighted by Crippen LogP contribution is 2.35. The summed E-state index contributed by atoms with van der Waals surface area (Å²) in [5, 5.41) is 2.87. The Hall–Kier alpha value is -2.58. The monoisotopic (exact) mass is 420 g/mol. The second kappa shape index (κ2) is 9.76. The van der Waals surface area contributed by atoms with Gasteiger partial charge in [-0.2, -0.15) is 0 Å². The lowest BCUT2D eigenvalue weighted by Gasteiger charge is -2.22. The van der Waals surface area contributed by atoms with Crippen LogP contribution in [0.3, 0.4) is 0 Å². The van der Waals surface area contributed by atoms with Gasteiger partial charge in [-0.25, -0.2) is 13.1 Å². The lowest BCUT2D eigenvalue weighted by molar-refractivity contribution is -0.118. The number of carbonyl (C=O) groups excluding carboxylic acids is 1. The summed E-state index contributed by atoms with van der Waals surface area (Å²) >= 11 is 0. The minimum absolute atomic E-state index is 0.0915. The SMILES string of the molecule is CCS(=O)(=O)N[C@H](C(=O)Nc1ccccc1-c1ccc(OC)c(OC)c1)C(C)C. The van der Waals surface area contributed by atoms with Crippen molar-refractivity contribution in [3.05, 3.63) is 42.5 Å². The van der Waals surface area contributed by atoms with Crippen molar-refractivity contribution in [1.29, 1.82) is 0 Å². The molecule has 0 saturated heterocycles. The fourth-order valence-corrected chi connectivity index (χ4v) is 3.76. The number of anilines is 1. The van der Waals surface area contributed by atoms with E-state index in [1.165, 1.54) is 6.92 Å². The number of hydrogen-bond donors (Lipinski definition) is 2. The van der Waals surface area contributed by atoms with E-state index in [1.54, 1.807) is 46.3 Å². The highest BCUT2D eigenvalue weighted by Gasteiger charge is 2.27. The number of benzene rings is 2. The number of sulfonamides is 1. The third-order valence-electron chi connectivity index (χ3n) is 4.52. The van der Waals surface area contributed by atoms with E-state index in [9.17, 15) is 13.2 Å². The Kier molecular flexibility index (Phi) is 7.64. The van der Waals surface area contributed by atoms with E-state index in [2.05, 4.69) is 10.0 Å². The fraction of sp³-hybridized carbons (Fsp3) is 0.381. The van der Waals surface area contributed by atoms with Crippen LogP contribution >= 0.6 is 0 Å². The summed E-state index contributed by atoms with van der Waals surface area (Å²) in [6.45, 7) is 5.12. The van der Waals surface area contributed by atoms with Crippen LogP contribution in [-0.2, 0) is 14.8 Å². The minimum Gasteiger partial charge on any atom is -0.493 e. The van der Waals surface area contributed by atoms with Crippen LogP contribution in [0.1, 0.15) is 20.8 Å². The third kappa shape index (κ3) is 5.71. The number of methoxy groups -OCH3 is 2. The summed E-state index contributed by atoms with van der Waals surface area (Å²) in [5.74, 6) is 0.453. The average Bonchev–Trinajstić information content (AvgIpc) is 2.71. The molecule has 0 aliphatic rings. The lowest BCUT2D eigenvalue weighted by atomic mass is 10.0. The Morgan fingerprint density at radius 3 is 2.28 bits per heavy atom. The molecular formula is C21H28N2O5S. The standard InChI is InChI=1S/C21H28N2O5S/c1-6-29(25,26)23-20(14(2)3)21(24)22-17-10-8-7-9-16(17)15-11-12-18(27-4)19(13-15)28-5/h7-14,20,23H,6H2,1-5H3,(H,22,24)/t20-/m0/s1. The second-order valence-corrected chi connectivity index (χ2v) is 8.89. The first-order chi connectivity index (χ1) is 13.7. The number of para-hydroxylation sites is 1. The van der Waals surface area contributed by atoms with E-state index in [0.717, 1.165) is 11.1 Å². The van der Waals surface area contributed by atoms with Crippen molar-refractivity contribution in [1.82, 2.24) is 4.72 Å². The number of nitrogens with one attached hydrogen (secondary N) is 2. The molecule has 0 unspecified atom stereocenters. The van der Waals surface area contributed by atoms with E-state index >= 15 is 0 Å². The molecule has 0 heterocycles. The fourth-order valence-electron chi connectivity index (χ4n) is 2.83. The van der Waals surface area contributed by atoms with Crippen LogP contribution in [0, 0.1) is 5.92 Å². The van der Waals surface area contributed by atoms with Crippen molar-refractivity contribution in [2.24, 2.45) is 5.92 Å². The van der Waals surface area contributed by atoms with Crippen LogP contribution in [0.5, 0.6) is 11.5 Å². The van der Waals surface area contributed by atoms with Crippen molar-refractivity contribution in [2.75, 3.05) is 25.3 Å². The maximum Gasteiger partial charge on any atom is 0.242 e. The molecular weight excluding hydrogens is 392 g/mol. The minimum atomic E-state index is -3.52. The van der Waals surface area contributed by atoms with E-state index < -0.39 is 22.0 Å². The Bertz CT molecular complexity index is 957. The van der Waals surface area contributed by atoms with Gasteiger partial charge < -0.3 is 14.8 Å². The van der Waals surface area contributed by atoms with Crippen molar-refractivity contribution < 1.29 is 22.7 Å². The second-order valence-electron chi connectivity index (χ2n) is 6.85. The summed E-state index contributed by atoms with van der Waals surface area (Å²) in [6.07, 6.45) is 0. The van der Waals surface area contributed by atoms with Crippen LogP contribution in [0.25, 0.3) is 11.1 Å². The van der Waals surface area contributed by atoms with E-state index in [-0.39, 0.29) is 11.7 Å². The molecule has 2 aromatic rings. The van der Waals surface area contributed by atoms with Gasteiger partial charge in [-0.15, -0.1) is 0 Å². The summed E-state index contributed by atoms with van der Waals surface area (Å²) in [6, 6.07) is 11.9. The quantitative estimate of drug-likeness (QED) is 0.649. The summed E-state index contributed by atoms with van der Waals surface area (Å²) in [7, 11) is -0.399. The molecule has 8 heteroatoms. The molecule has 2 aromatic carbocycles. The van der Waals surface area contributed by atoms with Gasteiger partial charge in [0, 0.05) is 11.3 Å². The van der Waals surface area contributed by atoms with Crippen molar-refractivity contribution in [2.45, 2.75) is 26.8 Å². The van der Waals surface area contributed by atoms with Gasteiger partial charge in [-0.3, -0.25) is 4.79 Å². The molecule has 1 amide bonds. The number of ether oxygens (including phenoxy) is 2. The van der Waals surface area contributed by atoms with E-state index in [4.69, 9.17) is 9.47 Å². The maximum absolute atomic E-state index is 12.9. The number of carbonyl (C=O) groups is 1.